The molecular formula is C17H21NO6S2. The van der Waals surface area contributed by atoms with Crippen LogP contribution in [0.15, 0.2) is 40.6 Å². The van der Waals surface area contributed by atoms with Crippen LogP contribution in [0.2, 0.25) is 0 Å². The third-order valence-corrected chi connectivity index (χ3v) is 6.14. The number of ether oxygens (including phenoxy) is 3. The summed E-state index contributed by atoms with van der Waals surface area (Å²) in [7, 11) is -3.74. The maximum atomic E-state index is 12.6. The molecule has 0 fully saturated rings. The average Bonchev–Trinajstić information content (AvgIpc) is 3.06. The van der Waals surface area contributed by atoms with Crippen molar-refractivity contribution >= 4 is 21.4 Å². The largest absolute Gasteiger partial charge is 0.490 e. The van der Waals surface area contributed by atoms with Crippen LogP contribution in [0, 0.1) is 0 Å². The van der Waals surface area contributed by atoms with Gasteiger partial charge in [0.1, 0.15) is 6.10 Å². The molecule has 0 saturated heterocycles. The lowest BCUT2D eigenvalue weighted by molar-refractivity contribution is 0.0328. The number of fused-ring (bicyclic) bond motifs is 1. The van der Waals surface area contributed by atoms with Crippen molar-refractivity contribution < 1.29 is 27.7 Å². The average molecular weight is 399 g/mol. The third-order valence-electron chi connectivity index (χ3n) is 3.76. The maximum Gasteiger partial charge on any atom is 0.240 e. The highest BCUT2D eigenvalue weighted by Gasteiger charge is 2.21. The first kappa shape index (κ1) is 19.1. The zero-order chi connectivity index (χ0) is 18.4. The number of hydrogen-bond acceptors (Lipinski definition) is 7. The Kier molecular flexibility index (Phi) is 6.49. The molecule has 1 aliphatic rings. The van der Waals surface area contributed by atoms with Crippen molar-refractivity contribution in [2.45, 2.75) is 17.4 Å². The highest BCUT2D eigenvalue weighted by molar-refractivity contribution is 7.89. The molecule has 2 heterocycles. The first-order chi connectivity index (χ1) is 12.6. The van der Waals surface area contributed by atoms with Crippen LogP contribution in [0.1, 0.15) is 17.4 Å². The number of nitrogens with one attached hydrogen (secondary N) is 1. The van der Waals surface area contributed by atoms with E-state index in [2.05, 4.69) is 4.72 Å². The quantitative estimate of drug-likeness (QED) is 0.705. The van der Waals surface area contributed by atoms with E-state index in [0.717, 1.165) is 11.3 Å². The van der Waals surface area contributed by atoms with Crippen molar-refractivity contribution in [3.05, 3.63) is 40.6 Å². The van der Waals surface area contributed by atoms with Crippen LogP contribution >= 0.6 is 11.3 Å². The van der Waals surface area contributed by atoms with Gasteiger partial charge >= 0.3 is 0 Å². The van der Waals surface area contributed by atoms with E-state index in [1.54, 1.807) is 6.07 Å². The van der Waals surface area contributed by atoms with Crippen molar-refractivity contribution in [1.82, 2.24) is 4.72 Å². The van der Waals surface area contributed by atoms with E-state index < -0.39 is 16.1 Å². The normalized spacial score (nSPS) is 15.4. The first-order valence-electron chi connectivity index (χ1n) is 8.25. The summed E-state index contributed by atoms with van der Waals surface area (Å²) in [6.45, 7) is 1.10. The minimum atomic E-state index is -3.74. The van der Waals surface area contributed by atoms with Gasteiger partial charge in [-0.1, -0.05) is 6.07 Å². The molecule has 1 aliphatic heterocycles. The van der Waals surface area contributed by atoms with Gasteiger partial charge in [-0.25, -0.2) is 13.1 Å². The second-order valence-corrected chi connectivity index (χ2v) is 8.36. The Balaban J connectivity index is 1.72. The lowest BCUT2D eigenvalue weighted by Crippen LogP contribution is -2.29. The number of hydrogen-bond donors (Lipinski definition) is 2. The second-order valence-electron chi connectivity index (χ2n) is 5.61. The molecule has 142 valence electrons. The smallest absolute Gasteiger partial charge is 0.240 e. The Morgan fingerprint density at radius 2 is 2.04 bits per heavy atom. The first-order valence-corrected chi connectivity index (χ1v) is 10.6. The molecule has 3 rings (SSSR count). The molecule has 1 atom stereocenters. The molecule has 0 spiro atoms. The van der Waals surface area contributed by atoms with Crippen LogP contribution in [-0.4, -0.2) is 46.5 Å². The highest BCUT2D eigenvalue weighted by Crippen LogP contribution is 2.32. The molecule has 26 heavy (non-hydrogen) atoms. The zero-order valence-electron chi connectivity index (χ0n) is 14.1. The minimum absolute atomic E-state index is 0.0668. The van der Waals surface area contributed by atoms with Crippen LogP contribution < -0.4 is 14.2 Å². The van der Waals surface area contributed by atoms with E-state index in [4.69, 9.17) is 19.3 Å². The van der Waals surface area contributed by atoms with Crippen molar-refractivity contribution in [3.8, 4) is 11.5 Å². The minimum Gasteiger partial charge on any atom is -0.490 e. The van der Waals surface area contributed by atoms with Gasteiger partial charge < -0.3 is 19.3 Å². The number of rotatable bonds is 8. The van der Waals surface area contributed by atoms with E-state index >= 15 is 0 Å². The summed E-state index contributed by atoms with van der Waals surface area (Å²) < 4.78 is 44.5. The number of aliphatic hydroxyl groups is 1. The van der Waals surface area contributed by atoms with Crippen molar-refractivity contribution in [2.24, 2.45) is 0 Å². The van der Waals surface area contributed by atoms with E-state index in [-0.39, 0.29) is 24.7 Å². The molecule has 2 N–H and O–H groups in total. The molecule has 0 unspecified atom stereocenters. The molecule has 9 heteroatoms. The standard InChI is InChI=1S/C17H21NO6S2/c19-6-9-24-16(17-3-1-10-25-17)12-18-26(20,21)13-4-5-14-15(11-13)23-8-2-7-22-14/h1,3-5,10-11,16,18-19H,2,6-9,12H2/t16-/m0/s1. The molecule has 0 aliphatic carbocycles. The maximum absolute atomic E-state index is 12.6. The van der Waals surface area contributed by atoms with Gasteiger partial charge in [-0.15, -0.1) is 11.3 Å². The van der Waals surface area contributed by atoms with Crippen molar-refractivity contribution in [3.63, 3.8) is 0 Å². The monoisotopic (exact) mass is 399 g/mol. The fraction of sp³-hybridized carbons (Fsp3) is 0.412. The SMILES string of the molecule is O=S(=O)(NC[C@H](OCCO)c1cccs1)c1ccc2c(c1)OCCCO2. The van der Waals surface area contributed by atoms with Crippen molar-refractivity contribution in [1.29, 1.82) is 0 Å². The molecule has 0 saturated carbocycles. The fourth-order valence-electron chi connectivity index (χ4n) is 2.49. The predicted octanol–water partition coefficient (Wildman–Crippen LogP) is 1.94. The Morgan fingerprint density at radius 3 is 2.77 bits per heavy atom. The van der Waals surface area contributed by atoms with E-state index in [1.807, 2.05) is 17.5 Å². The Labute approximate surface area is 156 Å². The highest BCUT2D eigenvalue weighted by atomic mass is 32.2. The fourth-order valence-corrected chi connectivity index (χ4v) is 4.31. The number of aliphatic hydroxyl groups excluding tert-OH is 1. The summed E-state index contributed by atoms with van der Waals surface area (Å²) in [6.07, 6.45) is 0.289. The Morgan fingerprint density at radius 1 is 1.23 bits per heavy atom. The Bertz CT molecular complexity index is 807. The van der Waals surface area contributed by atoms with Crippen LogP contribution in [0.25, 0.3) is 0 Å². The van der Waals surface area contributed by atoms with E-state index in [9.17, 15) is 8.42 Å². The summed E-state index contributed by atoms with van der Waals surface area (Å²) in [4.78, 5) is 0.994. The topological polar surface area (TPSA) is 94.1 Å². The number of thiophene rings is 1. The molecule has 0 amide bonds. The van der Waals surface area contributed by atoms with Gasteiger partial charge in [-0.05, 0) is 23.6 Å². The third kappa shape index (κ3) is 4.74. The molecular weight excluding hydrogens is 378 g/mol. The van der Waals surface area contributed by atoms with Crippen molar-refractivity contribution in [2.75, 3.05) is 33.0 Å². The van der Waals surface area contributed by atoms with E-state index in [1.165, 1.54) is 23.5 Å². The molecule has 0 radical (unpaired) electrons. The van der Waals surface area contributed by atoms with Crippen LogP contribution in [-0.2, 0) is 14.8 Å². The Hall–Kier alpha value is -1.65. The summed E-state index contributed by atoms with van der Waals surface area (Å²) >= 11 is 1.47. The molecule has 7 nitrogen and oxygen atoms in total. The van der Waals surface area contributed by atoms with Crippen LogP contribution in [0.4, 0.5) is 0 Å². The number of sulfonamides is 1. The van der Waals surface area contributed by atoms with Gasteiger partial charge in [-0.3, -0.25) is 0 Å². The van der Waals surface area contributed by atoms with Crippen LogP contribution in [0.5, 0.6) is 11.5 Å². The molecule has 0 bridgehead atoms. The lowest BCUT2D eigenvalue weighted by Gasteiger charge is -2.17. The molecule has 1 aromatic heterocycles. The summed E-state index contributed by atoms with van der Waals surface area (Å²) in [5, 5.41) is 10.9. The van der Waals surface area contributed by atoms with Crippen LogP contribution in [0.3, 0.4) is 0 Å². The van der Waals surface area contributed by atoms with Gasteiger partial charge in [0.05, 0.1) is 31.3 Å². The molecule has 2 aromatic rings. The lowest BCUT2D eigenvalue weighted by atomic mass is 10.3. The van der Waals surface area contributed by atoms with Gasteiger partial charge in [-0.2, -0.15) is 0 Å². The summed E-state index contributed by atoms with van der Waals surface area (Å²) in [5.74, 6) is 0.973. The summed E-state index contributed by atoms with van der Waals surface area (Å²) in [5.41, 5.74) is 0. The predicted molar refractivity (Wildman–Crippen MR) is 97.3 cm³/mol. The van der Waals surface area contributed by atoms with Gasteiger partial charge in [0.15, 0.2) is 11.5 Å². The van der Waals surface area contributed by atoms with Gasteiger partial charge in [0.25, 0.3) is 0 Å². The van der Waals surface area contributed by atoms with E-state index in [0.29, 0.717) is 24.7 Å². The summed E-state index contributed by atoms with van der Waals surface area (Å²) in [6, 6.07) is 8.30. The zero-order valence-corrected chi connectivity index (χ0v) is 15.7. The van der Waals surface area contributed by atoms with Gasteiger partial charge in [0, 0.05) is 23.9 Å². The second kappa shape index (κ2) is 8.83. The molecule has 1 aromatic carbocycles. The number of benzene rings is 1. The van der Waals surface area contributed by atoms with Gasteiger partial charge in [0.2, 0.25) is 10.0 Å².